The van der Waals surface area contributed by atoms with Crippen LogP contribution >= 0.6 is 0 Å². The summed E-state index contributed by atoms with van der Waals surface area (Å²) in [5.41, 5.74) is 3.89. The highest BCUT2D eigenvalue weighted by molar-refractivity contribution is 5.60. The summed E-state index contributed by atoms with van der Waals surface area (Å²) >= 11 is 0. The summed E-state index contributed by atoms with van der Waals surface area (Å²) in [6.07, 6.45) is 7.83. The van der Waals surface area contributed by atoms with Crippen molar-refractivity contribution < 1.29 is 0 Å². The molecule has 0 radical (unpaired) electrons. The number of likely N-dealkylation sites (N-methyl/N-ethyl adjacent to an activating group) is 1. The minimum absolute atomic E-state index is 0.284. The van der Waals surface area contributed by atoms with E-state index in [4.69, 9.17) is 5.26 Å². The van der Waals surface area contributed by atoms with Crippen LogP contribution in [0.5, 0.6) is 0 Å². The van der Waals surface area contributed by atoms with Crippen molar-refractivity contribution in [2.24, 2.45) is 0 Å². The second-order valence-corrected chi connectivity index (χ2v) is 7.51. The molecule has 1 fully saturated rings. The van der Waals surface area contributed by atoms with Gasteiger partial charge in [-0.15, -0.1) is 0 Å². The highest BCUT2D eigenvalue weighted by Gasteiger charge is 2.25. The molecule has 3 heterocycles. The summed E-state index contributed by atoms with van der Waals surface area (Å²) in [6.45, 7) is 4.28. The van der Waals surface area contributed by atoms with Crippen molar-refractivity contribution in [1.29, 1.82) is 5.26 Å². The Hall–Kier alpha value is -3.44. The second kappa shape index (κ2) is 7.89. The number of aromatic nitrogens is 4. The van der Waals surface area contributed by atoms with E-state index in [0.29, 0.717) is 17.7 Å². The number of anilines is 3. The first-order valence-electron chi connectivity index (χ1n) is 9.59. The van der Waals surface area contributed by atoms with Gasteiger partial charge in [-0.25, -0.2) is 15.0 Å². The average Bonchev–Trinajstić information content (AvgIpc) is 3.39. The third kappa shape index (κ3) is 4.05. The number of hydrogen-bond donors (Lipinski definition) is 1. The van der Waals surface area contributed by atoms with E-state index in [0.717, 1.165) is 18.8 Å². The van der Waals surface area contributed by atoms with Crippen LogP contribution in [0.25, 0.3) is 5.69 Å². The number of aryl methyl sites for hydroxylation is 1. The normalized spacial score (nSPS) is 16.2. The van der Waals surface area contributed by atoms with E-state index in [9.17, 15) is 0 Å². The largest absolute Gasteiger partial charge is 0.370 e. The van der Waals surface area contributed by atoms with Gasteiger partial charge in [-0.05, 0) is 45.1 Å². The Kier molecular flexibility index (Phi) is 5.14. The van der Waals surface area contributed by atoms with E-state index in [1.165, 1.54) is 30.1 Å². The molecular formula is C21H24N8. The number of rotatable bonds is 5. The van der Waals surface area contributed by atoms with Crippen molar-refractivity contribution in [2.45, 2.75) is 19.4 Å². The van der Waals surface area contributed by atoms with Crippen molar-refractivity contribution >= 4 is 17.3 Å². The lowest BCUT2D eigenvalue weighted by atomic mass is 10.1. The quantitative estimate of drug-likeness (QED) is 0.719. The van der Waals surface area contributed by atoms with Gasteiger partial charge < -0.3 is 19.7 Å². The van der Waals surface area contributed by atoms with Gasteiger partial charge in [0.05, 0.1) is 18.6 Å². The molecule has 0 spiro atoms. The lowest BCUT2D eigenvalue weighted by Crippen LogP contribution is -2.31. The number of hydrogen-bond acceptors (Lipinski definition) is 7. The maximum Gasteiger partial charge on any atom is 0.158 e. The zero-order valence-corrected chi connectivity index (χ0v) is 16.9. The molecular weight excluding hydrogens is 364 g/mol. The van der Waals surface area contributed by atoms with Gasteiger partial charge in [-0.1, -0.05) is 6.07 Å². The summed E-state index contributed by atoms with van der Waals surface area (Å²) < 4.78 is 1.99. The zero-order chi connectivity index (χ0) is 20.4. The summed E-state index contributed by atoms with van der Waals surface area (Å²) in [6, 6.07) is 9.04. The van der Waals surface area contributed by atoms with E-state index in [1.54, 1.807) is 6.33 Å². The Morgan fingerprint density at radius 2 is 2.03 bits per heavy atom. The molecule has 1 saturated heterocycles. The van der Waals surface area contributed by atoms with E-state index >= 15 is 0 Å². The fourth-order valence-corrected chi connectivity index (χ4v) is 3.59. The molecule has 3 aromatic rings. The highest BCUT2D eigenvalue weighted by atomic mass is 15.2. The number of nitriles is 1. The molecule has 1 atom stereocenters. The standard InChI is InChI=1S/C21H24N8/c1-15-4-5-17(8-19(15)28-7-6-18(12-28)27(2)3)29-13-21(25-14-29)26-20-11-23-16(9-22)10-24-20/h4-5,8,10-11,13-14,18H,6-7,12H2,1-3H3,(H,24,26). The van der Waals surface area contributed by atoms with E-state index < -0.39 is 0 Å². The molecule has 8 heteroatoms. The Morgan fingerprint density at radius 3 is 2.72 bits per heavy atom. The molecule has 8 nitrogen and oxygen atoms in total. The van der Waals surface area contributed by atoms with Crippen LogP contribution in [0.3, 0.4) is 0 Å². The van der Waals surface area contributed by atoms with Gasteiger partial charge in [0.2, 0.25) is 0 Å². The SMILES string of the molecule is Cc1ccc(-n2cnc(Nc3cnc(C#N)cn3)c2)cc1N1CCC(N(C)C)C1. The summed E-state index contributed by atoms with van der Waals surface area (Å²) in [4.78, 5) is 17.4. The Labute approximate surface area is 170 Å². The van der Waals surface area contributed by atoms with Crippen LogP contribution in [0.15, 0.2) is 43.1 Å². The fourth-order valence-electron chi connectivity index (χ4n) is 3.59. The monoisotopic (exact) mass is 388 g/mol. The van der Waals surface area contributed by atoms with Crippen molar-refractivity contribution in [3.8, 4) is 11.8 Å². The molecule has 1 aromatic carbocycles. The van der Waals surface area contributed by atoms with Gasteiger partial charge in [0.15, 0.2) is 5.69 Å². The van der Waals surface area contributed by atoms with Crippen LogP contribution in [0.2, 0.25) is 0 Å². The van der Waals surface area contributed by atoms with Gasteiger partial charge in [-0.3, -0.25) is 0 Å². The summed E-state index contributed by atoms with van der Waals surface area (Å²) in [5.74, 6) is 1.21. The van der Waals surface area contributed by atoms with E-state index in [2.05, 4.69) is 69.3 Å². The van der Waals surface area contributed by atoms with Crippen LogP contribution in [-0.2, 0) is 0 Å². The molecule has 2 aromatic heterocycles. The molecule has 4 rings (SSSR count). The molecule has 0 amide bonds. The zero-order valence-electron chi connectivity index (χ0n) is 16.9. The van der Waals surface area contributed by atoms with Crippen molar-refractivity contribution in [3.05, 3.63) is 54.4 Å². The molecule has 1 aliphatic rings. The Morgan fingerprint density at radius 1 is 1.17 bits per heavy atom. The number of benzene rings is 1. The lowest BCUT2D eigenvalue weighted by molar-refractivity contribution is 0.315. The Balaban J connectivity index is 1.52. The van der Waals surface area contributed by atoms with Gasteiger partial charge in [0.25, 0.3) is 0 Å². The van der Waals surface area contributed by atoms with Gasteiger partial charge in [-0.2, -0.15) is 5.26 Å². The summed E-state index contributed by atoms with van der Waals surface area (Å²) in [5, 5.41) is 11.9. The third-order valence-corrected chi connectivity index (χ3v) is 5.33. The predicted molar refractivity (Wildman–Crippen MR) is 113 cm³/mol. The smallest absolute Gasteiger partial charge is 0.158 e. The molecule has 0 aliphatic carbocycles. The van der Waals surface area contributed by atoms with Crippen LogP contribution in [0.1, 0.15) is 17.7 Å². The van der Waals surface area contributed by atoms with Crippen LogP contribution in [0.4, 0.5) is 17.3 Å². The summed E-state index contributed by atoms with van der Waals surface area (Å²) in [7, 11) is 4.30. The second-order valence-electron chi connectivity index (χ2n) is 7.51. The minimum atomic E-state index is 0.284. The van der Waals surface area contributed by atoms with Gasteiger partial charge in [0, 0.05) is 30.5 Å². The van der Waals surface area contributed by atoms with Gasteiger partial charge >= 0.3 is 0 Å². The van der Waals surface area contributed by atoms with Crippen molar-refractivity contribution in [1.82, 2.24) is 24.4 Å². The lowest BCUT2D eigenvalue weighted by Gasteiger charge is -2.24. The molecule has 1 aliphatic heterocycles. The molecule has 0 bridgehead atoms. The van der Waals surface area contributed by atoms with E-state index in [1.807, 2.05) is 16.8 Å². The first-order chi connectivity index (χ1) is 14.0. The maximum absolute atomic E-state index is 8.82. The third-order valence-electron chi connectivity index (χ3n) is 5.33. The molecule has 29 heavy (non-hydrogen) atoms. The molecule has 1 unspecified atom stereocenters. The van der Waals surface area contributed by atoms with Crippen LogP contribution in [-0.4, -0.2) is 57.6 Å². The Bertz CT molecular complexity index is 1030. The first-order valence-corrected chi connectivity index (χ1v) is 9.59. The molecule has 148 valence electrons. The van der Waals surface area contributed by atoms with Crippen molar-refractivity contribution in [3.63, 3.8) is 0 Å². The molecule has 0 saturated carbocycles. The van der Waals surface area contributed by atoms with Gasteiger partial charge in [0.1, 0.15) is 24.0 Å². The number of nitrogens with one attached hydrogen (secondary N) is 1. The predicted octanol–water partition coefficient (Wildman–Crippen LogP) is 2.73. The minimum Gasteiger partial charge on any atom is -0.370 e. The molecule has 1 N–H and O–H groups in total. The van der Waals surface area contributed by atoms with Crippen LogP contribution < -0.4 is 10.2 Å². The van der Waals surface area contributed by atoms with Crippen molar-refractivity contribution in [2.75, 3.05) is 37.4 Å². The number of imidazole rings is 1. The maximum atomic E-state index is 8.82. The van der Waals surface area contributed by atoms with Crippen LogP contribution in [0, 0.1) is 18.3 Å². The fraction of sp³-hybridized carbons (Fsp3) is 0.333. The highest BCUT2D eigenvalue weighted by Crippen LogP contribution is 2.28. The first kappa shape index (κ1) is 18.9. The average molecular weight is 388 g/mol. The van der Waals surface area contributed by atoms with E-state index in [-0.39, 0.29) is 5.69 Å². The number of nitrogens with zero attached hydrogens (tertiary/aromatic N) is 7. The topological polar surface area (TPSA) is 85.9 Å².